The van der Waals surface area contributed by atoms with Crippen LogP contribution in [0, 0.1) is 23.2 Å². The molecule has 0 radical (unpaired) electrons. The van der Waals surface area contributed by atoms with Crippen molar-refractivity contribution in [1.29, 1.82) is 0 Å². The van der Waals surface area contributed by atoms with Gasteiger partial charge in [0.25, 0.3) is 0 Å². The summed E-state index contributed by atoms with van der Waals surface area (Å²) in [6, 6.07) is 0. The van der Waals surface area contributed by atoms with Gasteiger partial charge in [-0.05, 0) is 48.9 Å². The molecule has 0 spiro atoms. The highest BCUT2D eigenvalue weighted by Gasteiger charge is 2.37. The first-order valence-electron chi connectivity index (χ1n) is 10.6. The maximum Gasteiger partial charge on any atom is 0.303 e. The predicted octanol–water partition coefficient (Wildman–Crippen LogP) is 7.07. The minimum Gasteiger partial charge on any atom is -0.481 e. The van der Waals surface area contributed by atoms with Gasteiger partial charge in [-0.2, -0.15) is 0 Å². The molecule has 142 valence electrons. The Bertz CT molecular complexity index is 350. The number of carbonyl (C=O) groups is 1. The molecule has 1 N–H and O–H groups in total. The lowest BCUT2D eigenvalue weighted by molar-refractivity contribution is -0.137. The molecule has 1 aliphatic carbocycles. The zero-order valence-electron chi connectivity index (χ0n) is 16.8. The lowest BCUT2D eigenvalue weighted by atomic mass is 9.61. The average molecular weight is 339 g/mol. The topological polar surface area (TPSA) is 37.3 Å². The Morgan fingerprint density at radius 1 is 1.12 bits per heavy atom. The molecule has 0 saturated heterocycles. The second kappa shape index (κ2) is 11.2. The van der Waals surface area contributed by atoms with Crippen molar-refractivity contribution in [3.05, 3.63) is 0 Å². The maximum atomic E-state index is 10.9. The van der Waals surface area contributed by atoms with E-state index in [0.717, 1.165) is 30.6 Å². The summed E-state index contributed by atoms with van der Waals surface area (Å²) in [6.07, 6.45) is 15.9. The van der Waals surface area contributed by atoms with Gasteiger partial charge in [0.2, 0.25) is 0 Å². The average Bonchev–Trinajstić information content (AvgIpc) is 2.52. The summed E-state index contributed by atoms with van der Waals surface area (Å²) in [5.41, 5.74) is 0.496. The normalized spacial score (nSPS) is 25.8. The van der Waals surface area contributed by atoms with Gasteiger partial charge >= 0.3 is 5.97 Å². The third-order valence-electron chi connectivity index (χ3n) is 6.76. The predicted molar refractivity (Wildman–Crippen MR) is 103 cm³/mol. The summed E-state index contributed by atoms with van der Waals surface area (Å²) in [6.45, 7) is 9.52. The van der Waals surface area contributed by atoms with E-state index in [1.165, 1.54) is 64.2 Å². The number of aliphatic carboxylic acids is 1. The first-order valence-corrected chi connectivity index (χ1v) is 10.6. The number of hydrogen-bond donors (Lipinski definition) is 1. The molecular formula is C22H42O2. The van der Waals surface area contributed by atoms with Crippen LogP contribution in [0.5, 0.6) is 0 Å². The molecule has 1 rings (SSSR count). The number of carboxylic acids is 1. The van der Waals surface area contributed by atoms with Gasteiger partial charge in [0, 0.05) is 6.42 Å². The van der Waals surface area contributed by atoms with Crippen LogP contribution >= 0.6 is 0 Å². The quantitative estimate of drug-likeness (QED) is 0.386. The highest BCUT2D eigenvalue weighted by molar-refractivity contribution is 5.66. The maximum absolute atomic E-state index is 10.9. The number of unbranched alkanes of at least 4 members (excludes halogenated alkanes) is 4. The van der Waals surface area contributed by atoms with Gasteiger partial charge in [0.05, 0.1) is 0 Å². The van der Waals surface area contributed by atoms with Crippen molar-refractivity contribution >= 4 is 5.97 Å². The SMILES string of the molecule is CCCCCCCC(CCCC(=O)O)C1CCCC(C)(C(C)C)C1. The highest BCUT2D eigenvalue weighted by Crippen LogP contribution is 2.48. The first-order chi connectivity index (χ1) is 11.4. The summed E-state index contributed by atoms with van der Waals surface area (Å²) in [5, 5.41) is 8.97. The van der Waals surface area contributed by atoms with Gasteiger partial charge < -0.3 is 5.11 Å². The third kappa shape index (κ3) is 7.57. The molecule has 3 unspecified atom stereocenters. The summed E-state index contributed by atoms with van der Waals surface area (Å²) in [7, 11) is 0. The third-order valence-corrected chi connectivity index (χ3v) is 6.76. The van der Waals surface area contributed by atoms with Crippen LogP contribution in [0.4, 0.5) is 0 Å². The minimum atomic E-state index is -0.632. The fraction of sp³-hybridized carbons (Fsp3) is 0.955. The van der Waals surface area contributed by atoms with E-state index in [0.29, 0.717) is 11.8 Å². The standard InChI is InChI=1S/C22H42O2/c1-5-6-7-8-9-12-19(13-10-15-21(23)24)20-14-11-16-22(4,17-20)18(2)3/h18-20H,5-17H2,1-4H3,(H,23,24). The Morgan fingerprint density at radius 2 is 1.79 bits per heavy atom. The van der Waals surface area contributed by atoms with Crippen LogP contribution in [0.2, 0.25) is 0 Å². The Labute approximate surface area is 150 Å². The van der Waals surface area contributed by atoms with E-state index in [1.54, 1.807) is 0 Å². The molecule has 0 amide bonds. The Hall–Kier alpha value is -0.530. The van der Waals surface area contributed by atoms with Crippen LogP contribution in [0.15, 0.2) is 0 Å². The van der Waals surface area contributed by atoms with E-state index in [1.807, 2.05) is 0 Å². The van der Waals surface area contributed by atoms with E-state index in [4.69, 9.17) is 5.11 Å². The molecule has 0 aromatic heterocycles. The molecule has 0 aliphatic heterocycles. The smallest absolute Gasteiger partial charge is 0.303 e. The minimum absolute atomic E-state index is 0.348. The van der Waals surface area contributed by atoms with Crippen molar-refractivity contribution in [2.75, 3.05) is 0 Å². The molecule has 0 aromatic carbocycles. The molecule has 1 fully saturated rings. The molecule has 24 heavy (non-hydrogen) atoms. The summed E-state index contributed by atoms with van der Waals surface area (Å²) >= 11 is 0. The number of carboxylic acid groups (broad SMARTS) is 1. The van der Waals surface area contributed by atoms with Crippen LogP contribution in [0.3, 0.4) is 0 Å². The second-order valence-corrected chi connectivity index (χ2v) is 8.91. The Morgan fingerprint density at radius 3 is 2.42 bits per heavy atom. The van der Waals surface area contributed by atoms with Crippen molar-refractivity contribution in [3.8, 4) is 0 Å². The van der Waals surface area contributed by atoms with Crippen LogP contribution < -0.4 is 0 Å². The largest absolute Gasteiger partial charge is 0.481 e. The Kier molecular flexibility index (Phi) is 10.0. The van der Waals surface area contributed by atoms with E-state index >= 15 is 0 Å². The van der Waals surface area contributed by atoms with Gasteiger partial charge in [0.1, 0.15) is 0 Å². The van der Waals surface area contributed by atoms with Crippen molar-refractivity contribution < 1.29 is 9.90 Å². The van der Waals surface area contributed by atoms with Crippen molar-refractivity contribution in [3.63, 3.8) is 0 Å². The van der Waals surface area contributed by atoms with Crippen molar-refractivity contribution in [1.82, 2.24) is 0 Å². The zero-order chi connectivity index (χ0) is 18.0. The summed E-state index contributed by atoms with van der Waals surface area (Å²) < 4.78 is 0. The second-order valence-electron chi connectivity index (χ2n) is 8.91. The van der Waals surface area contributed by atoms with Crippen molar-refractivity contribution in [2.24, 2.45) is 23.2 Å². The van der Waals surface area contributed by atoms with E-state index in [9.17, 15) is 4.79 Å². The van der Waals surface area contributed by atoms with E-state index in [2.05, 4.69) is 27.7 Å². The molecule has 1 saturated carbocycles. The van der Waals surface area contributed by atoms with Gasteiger partial charge in [-0.1, -0.05) is 79.1 Å². The molecular weight excluding hydrogens is 296 g/mol. The summed E-state index contributed by atoms with van der Waals surface area (Å²) in [5.74, 6) is 1.70. The molecule has 2 heteroatoms. The molecule has 0 aromatic rings. The molecule has 2 nitrogen and oxygen atoms in total. The van der Waals surface area contributed by atoms with Crippen LogP contribution in [-0.4, -0.2) is 11.1 Å². The molecule has 0 bridgehead atoms. The fourth-order valence-corrected chi connectivity index (χ4v) is 4.64. The molecule has 1 aliphatic rings. The van der Waals surface area contributed by atoms with Gasteiger partial charge in [-0.25, -0.2) is 0 Å². The molecule has 3 atom stereocenters. The van der Waals surface area contributed by atoms with Crippen LogP contribution in [-0.2, 0) is 4.79 Å². The Balaban J connectivity index is 2.56. The highest BCUT2D eigenvalue weighted by atomic mass is 16.4. The van der Waals surface area contributed by atoms with Crippen molar-refractivity contribution in [2.45, 2.75) is 111 Å². The first kappa shape index (κ1) is 21.5. The van der Waals surface area contributed by atoms with E-state index in [-0.39, 0.29) is 0 Å². The van der Waals surface area contributed by atoms with Crippen LogP contribution in [0.25, 0.3) is 0 Å². The van der Waals surface area contributed by atoms with Gasteiger partial charge in [-0.15, -0.1) is 0 Å². The zero-order valence-corrected chi connectivity index (χ0v) is 16.8. The van der Waals surface area contributed by atoms with Gasteiger partial charge in [0.15, 0.2) is 0 Å². The molecule has 0 heterocycles. The number of hydrogen-bond acceptors (Lipinski definition) is 1. The lowest BCUT2D eigenvalue weighted by Gasteiger charge is -2.44. The monoisotopic (exact) mass is 338 g/mol. The summed E-state index contributed by atoms with van der Waals surface area (Å²) in [4.78, 5) is 10.9. The fourth-order valence-electron chi connectivity index (χ4n) is 4.64. The van der Waals surface area contributed by atoms with Crippen LogP contribution in [0.1, 0.15) is 111 Å². The van der Waals surface area contributed by atoms with Gasteiger partial charge in [-0.3, -0.25) is 4.79 Å². The lowest BCUT2D eigenvalue weighted by Crippen LogP contribution is -2.33. The van der Waals surface area contributed by atoms with E-state index < -0.39 is 5.97 Å². The number of rotatable bonds is 12.